The monoisotopic (exact) mass is 462 g/mol. The highest BCUT2D eigenvalue weighted by Gasteiger charge is 2.30. The Morgan fingerprint density at radius 2 is 1.91 bits per heavy atom. The van der Waals surface area contributed by atoms with Crippen LogP contribution in [0.1, 0.15) is 37.8 Å². The fourth-order valence-corrected chi connectivity index (χ4v) is 4.38. The average molecular weight is 463 g/mol. The third kappa shape index (κ3) is 5.54. The van der Waals surface area contributed by atoms with Gasteiger partial charge in [-0.05, 0) is 51.2 Å². The zero-order chi connectivity index (χ0) is 23.9. The number of carbonyl (C=O) groups excluding carboxylic acids is 2. The molecular weight excluding hydrogens is 432 g/mol. The molecule has 4 rings (SSSR count). The van der Waals surface area contributed by atoms with Gasteiger partial charge in [0.05, 0.1) is 12.2 Å². The summed E-state index contributed by atoms with van der Waals surface area (Å²) in [6.45, 7) is 4.08. The lowest BCUT2D eigenvalue weighted by atomic mass is 10.1. The van der Waals surface area contributed by atoms with E-state index < -0.39 is 6.04 Å². The Morgan fingerprint density at radius 1 is 1.18 bits per heavy atom. The molecule has 10 heteroatoms. The predicted octanol–water partition coefficient (Wildman–Crippen LogP) is 2.02. The predicted molar refractivity (Wildman–Crippen MR) is 128 cm³/mol. The normalized spacial score (nSPS) is 19.0. The second kappa shape index (κ2) is 10.8. The Morgan fingerprint density at radius 3 is 2.65 bits per heavy atom. The quantitative estimate of drug-likeness (QED) is 0.304. The molecule has 2 fully saturated rings. The SMILES string of the molecule is Cc1cc(NC(=NC2CCCCN(CC(=O)N3CCCC3)C2=O)NC#N)nn1-c1ccccc1. The van der Waals surface area contributed by atoms with E-state index >= 15 is 0 Å². The molecule has 0 spiro atoms. The molecule has 2 aromatic rings. The van der Waals surface area contributed by atoms with Gasteiger partial charge in [-0.1, -0.05) is 18.2 Å². The minimum atomic E-state index is -0.672. The zero-order valence-electron chi connectivity index (χ0n) is 19.4. The van der Waals surface area contributed by atoms with Crippen LogP contribution in [0, 0.1) is 18.4 Å². The summed E-state index contributed by atoms with van der Waals surface area (Å²) in [5, 5.41) is 19.4. The van der Waals surface area contributed by atoms with Crippen molar-refractivity contribution in [1.29, 1.82) is 5.26 Å². The van der Waals surface area contributed by atoms with Crippen molar-refractivity contribution in [3.05, 3.63) is 42.1 Å². The number of hydrogen-bond donors (Lipinski definition) is 2. The van der Waals surface area contributed by atoms with Crippen molar-refractivity contribution in [1.82, 2.24) is 24.9 Å². The topological polar surface area (TPSA) is 119 Å². The number of nitrogens with one attached hydrogen (secondary N) is 2. The van der Waals surface area contributed by atoms with Crippen LogP contribution in [0.2, 0.25) is 0 Å². The number of nitrogens with zero attached hydrogens (tertiary/aromatic N) is 6. The maximum atomic E-state index is 13.2. The third-order valence-electron chi connectivity index (χ3n) is 6.13. The number of rotatable bonds is 5. The highest BCUT2D eigenvalue weighted by Crippen LogP contribution is 2.18. The number of guanidine groups is 1. The highest BCUT2D eigenvalue weighted by atomic mass is 16.2. The lowest BCUT2D eigenvalue weighted by molar-refractivity contribution is -0.140. The minimum Gasteiger partial charge on any atom is -0.341 e. The van der Waals surface area contributed by atoms with E-state index in [2.05, 4.69) is 20.7 Å². The smallest absolute Gasteiger partial charge is 0.247 e. The Kier molecular flexibility index (Phi) is 7.42. The van der Waals surface area contributed by atoms with Crippen LogP contribution >= 0.6 is 0 Å². The highest BCUT2D eigenvalue weighted by molar-refractivity contribution is 5.96. The first-order valence-electron chi connectivity index (χ1n) is 11.7. The van der Waals surface area contributed by atoms with Crippen molar-refractivity contribution in [2.75, 3.05) is 31.5 Å². The van der Waals surface area contributed by atoms with Crippen molar-refractivity contribution < 1.29 is 9.59 Å². The van der Waals surface area contributed by atoms with Crippen LogP contribution in [0.5, 0.6) is 0 Å². The Hall–Kier alpha value is -3.87. The van der Waals surface area contributed by atoms with Gasteiger partial charge in [0.15, 0.2) is 12.0 Å². The van der Waals surface area contributed by atoms with Crippen molar-refractivity contribution in [2.24, 2.45) is 4.99 Å². The van der Waals surface area contributed by atoms with Crippen LogP contribution in [-0.2, 0) is 9.59 Å². The van der Waals surface area contributed by atoms with Crippen LogP contribution in [0.25, 0.3) is 5.69 Å². The van der Waals surface area contributed by atoms with E-state index in [4.69, 9.17) is 0 Å². The molecule has 2 aliphatic rings. The van der Waals surface area contributed by atoms with E-state index in [0.29, 0.717) is 18.8 Å². The maximum absolute atomic E-state index is 13.2. The summed E-state index contributed by atoms with van der Waals surface area (Å²) in [5.74, 6) is 0.470. The van der Waals surface area contributed by atoms with E-state index in [1.54, 1.807) is 9.58 Å². The lowest BCUT2D eigenvalue weighted by Crippen LogP contribution is -2.45. The lowest BCUT2D eigenvalue weighted by Gasteiger charge is -2.25. The molecule has 0 bridgehead atoms. The fraction of sp³-hybridized carbons (Fsp3) is 0.458. The summed E-state index contributed by atoms with van der Waals surface area (Å²) in [5.41, 5.74) is 1.82. The molecule has 1 unspecified atom stereocenters. The number of aliphatic imine (C=N–C) groups is 1. The first-order valence-corrected chi connectivity index (χ1v) is 11.7. The molecule has 1 atom stereocenters. The van der Waals surface area contributed by atoms with Crippen molar-refractivity contribution in [3.63, 3.8) is 0 Å². The first kappa shape index (κ1) is 23.3. The molecule has 2 saturated heterocycles. The molecule has 2 amide bonds. The Bertz CT molecular complexity index is 1080. The summed E-state index contributed by atoms with van der Waals surface area (Å²) in [7, 11) is 0. The summed E-state index contributed by atoms with van der Waals surface area (Å²) in [6, 6.07) is 10.9. The summed E-state index contributed by atoms with van der Waals surface area (Å²) in [4.78, 5) is 33.8. The van der Waals surface area contributed by atoms with Gasteiger partial charge >= 0.3 is 0 Å². The largest absolute Gasteiger partial charge is 0.341 e. The van der Waals surface area contributed by atoms with Gasteiger partial charge in [-0.15, -0.1) is 5.10 Å². The summed E-state index contributed by atoms with van der Waals surface area (Å²) >= 11 is 0. The number of nitriles is 1. The summed E-state index contributed by atoms with van der Waals surface area (Å²) in [6.07, 6.45) is 6.10. The Balaban J connectivity index is 1.49. The van der Waals surface area contributed by atoms with Crippen LogP contribution in [0.3, 0.4) is 0 Å². The number of hydrogen-bond acceptors (Lipinski definition) is 5. The van der Waals surface area contributed by atoms with Crippen LogP contribution < -0.4 is 10.6 Å². The van der Waals surface area contributed by atoms with Crippen molar-refractivity contribution in [2.45, 2.75) is 45.1 Å². The van der Waals surface area contributed by atoms with Crippen LogP contribution in [0.15, 0.2) is 41.4 Å². The zero-order valence-corrected chi connectivity index (χ0v) is 19.4. The number of carbonyl (C=O) groups is 2. The molecule has 0 radical (unpaired) electrons. The van der Waals surface area contributed by atoms with Crippen molar-refractivity contribution >= 4 is 23.6 Å². The number of benzene rings is 1. The molecule has 1 aromatic heterocycles. The van der Waals surface area contributed by atoms with Gasteiger partial charge in [0, 0.05) is 31.4 Å². The maximum Gasteiger partial charge on any atom is 0.247 e. The number of para-hydroxylation sites is 1. The van der Waals surface area contributed by atoms with Gasteiger partial charge in [0.25, 0.3) is 0 Å². The number of aromatic nitrogens is 2. The van der Waals surface area contributed by atoms with Gasteiger partial charge in [-0.2, -0.15) is 5.26 Å². The molecule has 2 N–H and O–H groups in total. The second-order valence-electron chi connectivity index (χ2n) is 8.62. The number of likely N-dealkylation sites (tertiary alicyclic amines) is 2. The molecule has 0 saturated carbocycles. The first-order chi connectivity index (χ1) is 16.5. The standard InChI is InChI=1S/C24H30N8O2/c1-18-15-21(29-32(18)19-9-3-2-4-10-19)28-24(26-17-25)27-20-11-5-6-14-31(23(20)34)16-22(33)30-12-7-8-13-30/h2-4,9-10,15,20H,5-8,11-14,16H2,1H3,(H2,26,27,28,29). The summed E-state index contributed by atoms with van der Waals surface area (Å²) < 4.78 is 1.79. The fourth-order valence-electron chi connectivity index (χ4n) is 4.38. The molecule has 10 nitrogen and oxygen atoms in total. The van der Waals surface area contributed by atoms with Crippen molar-refractivity contribution in [3.8, 4) is 11.9 Å². The molecular formula is C24H30N8O2. The van der Waals surface area contributed by atoms with Gasteiger partial charge in [-0.3, -0.25) is 14.9 Å². The van der Waals surface area contributed by atoms with Gasteiger partial charge in [-0.25, -0.2) is 9.67 Å². The third-order valence-corrected chi connectivity index (χ3v) is 6.13. The second-order valence-corrected chi connectivity index (χ2v) is 8.62. The average Bonchev–Trinajstić information content (AvgIpc) is 3.47. The molecule has 178 valence electrons. The molecule has 1 aromatic carbocycles. The van der Waals surface area contributed by atoms with Crippen LogP contribution in [0.4, 0.5) is 5.82 Å². The van der Waals surface area contributed by atoms with E-state index in [1.165, 1.54) is 0 Å². The van der Waals surface area contributed by atoms with Gasteiger partial charge in [0.1, 0.15) is 6.04 Å². The molecule has 3 heterocycles. The molecule has 0 aliphatic carbocycles. The van der Waals surface area contributed by atoms with E-state index in [1.807, 2.05) is 54.4 Å². The van der Waals surface area contributed by atoms with E-state index in [9.17, 15) is 14.9 Å². The Labute approximate surface area is 199 Å². The molecule has 2 aliphatic heterocycles. The molecule has 34 heavy (non-hydrogen) atoms. The number of amides is 2. The number of aryl methyl sites for hydroxylation is 1. The van der Waals surface area contributed by atoms with E-state index in [0.717, 1.165) is 50.2 Å². The number of anilines is 1. The van der Waals surface area contributed by atoms with E-state index in [-0.39, 0.29) is 24.3 Å². The van der Waals surface area contributed by atoms with Crippen LogP contribution in [-0.4, -0.2) is 69.6 Å². The van der Waals surface area contributed by atoms with Gasteiger partial charge < -0.3 is 15.1 Å². The van der Waals surface area contributed by atoms with Gasteiger partial charge in [0.2, 0.25) is 17.8 Å². The minimum absolute atomic E-state index is 0.00842.